The van der Waals surface area contributed by atoms with Gasteiger partial charge in [-0.3, -0.25) is 0 Å². The molecule has 1 rings (SSSR count). The molecule has 0 amide bonds. The molecule has 2 nitrogen and oxygen atoms in total. The summed E-state index contributed by atoms with van der Waals surface area (Å²) in [5.74, 6) is 1.45. The van der Waals surface area contributed by atoms with E-state index in [1.54, 1.807) is 0 Å². The first-order valence-electron chi connectivity index (χ1n) is 7.75. The van der Waals surface area contributed by atoms with E-state index in [-0.39, 0.29) is 0 Å². The van der Waals surface area contributed by atoms with Crippen molar-refractivity contribution >= 4 is 0 Å². The van der Waals surface area contributed by atoms with Crippen LogP contribution >= 0.6 is 0 Å². The molecule has 0 bridgehead atoms. The van der Waals surface area contributed by atoms with Crippen LogP contribution in [0.5, 0.6) is 0 Å². The Morgan fingerprint density at radius 1 is 1.17 bits per heavy atom. The quantitative estimate of drug-likeness (QED) is 0.599. The predicted octanol–water partition coefficient (Wildman–Crippen LogP) is 3.85. The van der Waals surface area contributed by atoms with Gasteiger partial charge in [-0.15, -0.1) is 0 Å². The highest BCUT2D eigenvalue weighted by Gasteiger charge is 2.30. The number of nitrogens with one attached hydrogen (secondary N) is 1. The Bertz CT molecular complexity index is 223. The van der Waals surface area contributed by atoms with Crippen LogP contribution < -0.4 is 5.32 Å². The summed E-state index contributed by atoms with van der Waals surface area (Å²) < 4.78 is 5.78. The van der Waals surface area contributed by atoms with Crippen molar-refractivity contribution in [1.29, 1.82) is 0 Å². The third-order valence-corrected chi connectivity index (χ3v) is 4.42. The van der Waals surface area contributed by atoms with Gasteiger partial charge in [0.05, 0.1) is 0 Å². The molecule has 1 aliphatic rings. The summed E-state index contributed by atoms with van der Waals surface area (Å²) in [7, 11) is 0. The largest absolute Gasteiger partial charge is 0.381 e. The molecule has 1 N–H and O–H groups in total. The summed E-state index contributed by atoms with van der Waals surface area (Å²) in [6.07, 6.45) is 5.10. The number of hydrogen-bond donors (Lipinski definition) is 1. The van der Waals surface area contributed by atoms with E-state index in [2.05, 4.69) is 39.9 Å². The van der Waals surface area contributed by atoms with E-state index >= 15 is 0 Å². The minimum Gasteiger partial charge on any atom is -0.381 e. The van der Waals surface area contributed by atoms with Crippen LogP contribution in [-0.4, -0.2) is 25.8 Å². The van der Waals surface area contributed by atoms with E-state index in [0.29, 0.717) is 11.3 Å². The molecule has 1 atom stereocenters. The molecule has 1 saturated carbocycles. The first kappa shape index (κ1) is 16.0. The Hall–Kier alpha value is -0.0800. The predicted molar refractivity (Wildman–Crippen MR) is 78.9 cm³/mol. The highest BCUT2D eigenvalue weighted by molar-refractivity contribution is 4.87. The number of rotatable bonds is 10. The Balaban J connectivity index is 2.18. The maximum atomic E-state index is 5.78. The Morgan fingerprint density at radius 2 is 1.83 bits per heavy atom. The molecule has 0 spiro atoms. The van der Waals surface area contributed by atoms with E-state index in [1.807, 2.05) is 0 Å². The van der Waals surface area contributed by atoms with Gasteiger partial charge >= 0.3 is 0 Å². The van der Waals surface area contributed by atoms with Crippen molar-refractivity contribution < 1.29 is 4.74 Å². The molecule has 108 valence electrons. The number of ether oxygens (including phenoxy) is 1. The van der Waals surface area contributed by atoms with Crippen LogP contribution in [0.15, 0.2) is 0 Å². The van der Waals surface area contributed by atoms with Gasteiger partial charge in [-0.2, -0.15) is 0 Å². The highest BCUT2D eigenvalue weighted by atomic mass is 16.5. The van der Waals surface area contributed by atoms with Crippen molar-refractivity contribution in [1.82, 2.24) is 5.32 Å². The third kappa shape index (κ3) is 6.19. The highest BCUT2D eigenvalue weighted by Crippen LogP contribution is 2.31. The monoisotopic (exact) mass is 255 g/mol. The smallest absolute Gasteiger partial charge is 0.0471 e. The summed E-state index contributed by atoms with van der Waals surface area (Å²) in [5, 5.41) is 3.68. The standard InChI is InChI=1S/C16H33NO/c1-13(2)8-10-18-11-9-16(5,14(3)4)12-17-15-6-7-15/h13-15,17H,6-12H2,1-5H3. The van der Waals surface area contributed by atoms with E-state index in [1.165, 1.54) is 25.7 Å². The zero-order valence-electron chi connectivity index (χ0n) is 13.1. The van der Waals surface area contributed by atoms with E-state index in [0.717, 1.165) is 31.7 Å². The summed E-state index contributed by atoms with van der Waals surface area (Å²) in [5.41, 5.74) is 0.375. The van der Waals surface area contributed by atoms with Crippen LogP contribution in [0.25, 0.3) is 0 Å². The lowest BCUT2D eigenvalue weighted by Gasteiger charge is -2.34. The van der Waals surface area contributed by atoms with Crippen molar-refractivity contribution in [2.45, 2.75) is 66.3 Å². The van der Waals surface area contributed by atoms with Gasteiger partial charge in [0.15, 0.2) is 0 Å². The van der Waals surface area contributed by atoms with Gasteiger partial charge in [0, 0.05) is 25.8 Å². The van der Waals surface area contributed by atoms with Crippen LogP contribution in [0, 0.1) is 17.3 Å². The van der Waals surface area contributed by atoms with Crippen LogP contribution in [0.1, 0.15) is 60.3 Å². The molecule has 0 heterocycles. The van der Waals surface area contributed by atoms with E-state index < -0.39 is 0 Å². The lowest BCUT2D eigenvalue weighted by Crippen LogP contribution is -2.38. The van der Waals surface area contributed by atoms with Gasteiger partial charge in [-0.1, -0.05) is 34.6 Å². The average molecular weight is 255 g/mol. The molecular weight excluding hydrogens is 222 g/mol. The van der Waals surface area contributed by atoms with Crippen molar-refractivity contribution in [2.24, 2.45) is 17.3 Å². The second-order valence-electron chi connectivity index (χ2n) is 7.01. The lowest BCUT2D eigenvalue weighted by atomic mass is 9.76. The van der Waals surface area contributed by atoms with Gasteiger partial charge in [0.2, 0.25) is 0 Å². The van der Waals surface area contributed by atoms with Crippen molar-refractivity contribution in [3.63, 3.8) is 0 Å². The molecule has 1 aliphatic carbocycles. The Morgan fingerprint density at radius 3 is 2.33 bits per heavy atom. The fourth-order valence-corrected chi connectivity index (χ4v) is 1.97. The van der Waals surface area contributed by atoms with Crippen LogP contribution in [0.4, 0.5) is 0 Å². The number of hydrogen-bond acceptors (Lipinski definition) is 2. The molecular formula is C16H33NO. The molecule has 0 aromatic carbocycles. The first-order chi connectivity index (χ1) is 8.44. The summed E-state index contributed by atoms with van der Waals surface area (Å²) >= 11 is 0. The average Bonchev–Trinajstić information content (AvgIpc) is 3.09. The van der Waals surface area contributed by atoms with Gasteiger partial charge in [0.1, 0.15) is 0 Å². The van der Waals surface area contributed by atoms with Gasteiger partial charge < -0.3 is 10.1 Å². The first-order valence-corrected chi connectivity index (χ1v) is 7.75. The SMILES string of the molecule is CC(C)CCOCCC(C)(CNC1CC1)C(C)C. The van der Waals surface area contributed by atoms with E-state index in [9.17, 15) is 0 Å². The van der Waals surface area contributed by atoms with Crippen LogP contribution in [0.3, 0.4) is 0 Å². The zero-order chi connectivity index (χ0) is 13.6. The van der Waals surface area contributed by atoms with Crippen molar-refractivity contribution in [3.8, 4) is 0 Å². The molecule has 2 heteroatoms. The molecule has 0 aromatic rings. The van der Waals surface area contributed by atoms with Gasteiger partial charge in [-0.05, 0) is 42.9 Å². The minimum absolute atomic E-state index is 0.375. The Kier molecular flexibility index (Phi) is 6.65. The molecule has 0 aliphatic heterocycles. The molecule has 1 fully saturated rings. The second-order valence-corrected chi connectivity index (χ2v) is 7.01. The molecule has 18 heavy (non-hydrogen) atoms. The lowest BCUT2D eigenvalue weighted by molar-refractivity contribution is 0.0733. The maximum absolute atomic E-state index is 5.78. The van der Waals surface area contributed by atoms with Crippen molar-refractivity contribution in [3.05, 3.63) is 0 Å². The second kappa shape index (κ2) is 7.49. The maximum Gasteiger partial charge on any atom is 0.0471 e. The summed E-state index contributed by atoms with van der Waals surface area (Å²) in [6, 6.07) is 0.810. The van der Waals surface area contributed by atoms with Gasteiger partial charge in [0.25, 0.3) is 0 Å². The zero-order valence-corrected chi connectivity index (χ0v) is 13.1. The summed E-state index contributed by atoms with van der Waals surface area (Å²) in [4.78, 5) is 0. The molecule has 0 aromatic heterocycles. The fraction of sp³-hybridized carbons (Fsp3) is 1.00. The summed E-state index contributed by atoms with van der Waals surface area (Å²) in [6.45, 7) is 14.5. The van der Waals surface area contributed by atoms with Crippen LogP contribution in [0.2, 0.25) is 0 Å². The van der Waals surface area contributed by atoms with Crippen LogP contribution in [-0.2, 0) is 4.74 Å². The Labute approximate surface area is 114 Å². The van der Waals surface area contributed by atoms with Crippen molar-refractivity contribution in [2.75, 3.05) is 19.8 Å². The molecule has 0 radical (unpaired) electrons. The topological polar surface area (TPSA) is 21.3 Å². The molecule has 1 unspecified atom stereocenters. The molecule has 0 saturated heterocycles. The van der Waals surface area contributed by atoms with Gasteiger partial charge in [-0.25, -0.2) is 0 Å². The third-order valence-electron chi connectivity index (χ3n) is 4.42. The minimum atomic E-state index is 0.375. The normalized spacial score (nSPS) is 19.5. The fourth-order valence-electron chi connectivity index (χ4n) is 1.97. The van der Waals surface area contributed by atoms with E-state index in [4.69, 9.17) is 4.74 Å².